The molecule has 0 atom stereocenters. The minimum atomic E-state index is 0.0736. The molecule has 0 aliphatic heterocycles. The Kier molecular flexibility index (Phi) is 2.04. The van der Waals surface area contributed by atoms with Crippen LogP contribution in [0.3, 0.4) is 0 Å². The lowest BCUT2D eigenvalue weighted by atomic mass is 9.48. The van der Waals surface area contributed by atoms with E-state index < -0.39 is 0 Å². The van der Waals surface area contributed by atoms with Gasteiger partial charge in [0, 0.05) is 11.0 Å². The third-order valence-corrected chi connectivity index (χ3v) is 5.59. The number of aromatic hydroxyl groups is 2. The largest absolute Gasteiger partial charge is 0.508 e. The maximum absolute atomic E-state index is 10.2. The minimum Gasteiger partial charge on any atom is -0.508 e. The van der Waals surface area contributed by atoms with Crippen LogP contribution in [-0.4, -0.2) is 10.2 Å². The van der Waals surface area contributed by atoms with E-state index in [9.17, 15) is 10.2 Å². The molecule has 1 aromatic rings. The number of phenolic OH excluding ortho intramolecular Hbond substituents is 2. The van der Waals surface area contributed by atoms with Gasteiger partial charge in [-0.1, -0.05) is 6.07 Å². The molecule has 0 saturated heterocycles. The second-order valence-electron chi connectivity index (χ2n) is 6.87. The van der Waals surface area contributed by atoms with Gasteiger partial charge in [0.25, 0.3) is 0 Å². The van der Waals surface area contributed by atoms with Crippen molar-refractivity contribution in [2.24, 2.45) is 17.8 Å². The van der Waals surface area contributed by atoms with Gasteiger partial charge in [-0.05, 0) is 68.4 Å². The number of rotatable bonds is 1. The molecule has 4 aliphatic rings. The molecule has 0 aromatic heterocycles. The molecule has 0 heterocycles. The fourth-order valence-electron chi connectivity index (χ4n) is 5.49. The van der Waals surface area contributed by atoms with Gasteiger partial charge >= 0.3 is 0 Å². The van der Waals surface area contributed by atoms with Gasteiger partial charge in [-0.15, -0.1) is 0 Å². The topological polar surface area (TPSA) is 40.5 Å². The average molecular weight is 244 g/mol. The Balaban J connectivity index is 1.84. The van der Waals surface area contributed by atoms with Crippen molar-refractivity contribution in [3.05, 3.63) is 23.8 Å². The predicted molar refractivity (Wildman–Crippen MR) is 69.6 cm³/mol. The van der Waals surface area contributed by atoms with Gasteiger partial charge < -0.3 is 10.2 Å². The second kappa shape index (κ2) is 3.43. The number of hydrogen-bond acceptors (Lipinski definition) is 2. The van der Waals surface area contributed by atoms with Crippen LogP contribution in [0.2, 0.25) is 0 Å². The van der Waals surface area contributed by atoms with Crippen molar-refractivity contribution < 1.29 is 10.2 Å². The van der Waals surface area contributed by atoms with Gasteiger partial charge in [-0.3, -0.25) is 0 Å². The molecule has 18 heavy (non-hydrogen) atoms. The van der Waals surface area contributed by atoms with E-state index in [1.165, 1.54) is 38.5 Å². The summed E-state index contributed by atoms with van der Waals surface area (Å²) in [6.07, 6.45) is 7.66. The van der Waals surface area contributed by atoms with E-state index in [-0.39, 0.29) is 5.41 Å². The van der Waals surface area contributed by atoms with Crippen molar-refractivity contribution in [1.82, 2.24) is 0 Å². The predicted octanol–water partition coefficient (Wildman–Crippen LogP) is 3.57. The Labute approximate surface area is 108 Å². The third-order valence-electron chi connectivity index (χ3n) is 5.59. The van der Waals surface area contributed by atoms with Crippen LogP contribution in [0, 0.1) is 17.8 Å². The first-order chi connectivity index (χ1) is 8.66. The molecule has 96 valence electrons. The molecule has 0 spiro atoms. The Morgan fingerprint density at radius 2 is 1.28 bits per heavy atom. The fourth-order valence-corrected chi connectivity index (χ4v) is 5.49. The zero-order valence-corrected chi connectivity index (χ0v) is 10.6. The van der Waals surface area contributed by atoms with E-state index in [1.54, 1.807) is 18.2 Å². The van der Waals surface area contributed by atoms with Gasteiger partial charge in [-0.25, -0.2) is 0 Å². The lowest BCUT2D eigenvalue weighted by Crippen LogP contribution is -2.48. The van der Waals surface area contributed by atoms with Gasteiger partial charge in [0.15, 0.2) is 0 Å². The van der Waals surface area contributed by atoms with E-state index in [2.05, 4.69) is 0 Å². The molecule has 1 aromatic carbocycles. The second-order valence-corrected chi connectivity index (χ2v) is 6.87. The molecule has 4 saturated carbocycles. The zero-order chi connectivity index (χ0) is 12.3. The first-order valence-electron chi connectivity index (χ1n) is 7.18. The van der Waals surface area contributed by atoms with Crippen molar-refractivity contribution in [2.75, 3.05) is 0 Å². The summed E-state index contributed by atoms with van der Waals surface area (Å²) >= 11 is 0. The molecule has 4 bridgehead atoms. The van der Waals surface area contributed by atoms with Gasteiger partial charge in [-0.2, -0.15) is 0 Å². The highest BCUT2D eigenvalue weighted by Gasteiger charge is 2.53. The van der Waals surface area contributed by atoms with Crippen molar-refractivity contribution >= 4 is 0 Å². The third kappa shape index (κ3) is 1.35. The van der Waals surface area contributed by atoms with Gasteiger partial charge in [0.1, 0.15) is 11.5 Å². The summed E-state index contributed by atoms with van der Waals surface area (Å²) in [5.74, 6) is 3.09. The Hall–Kier alpha value is -1.18. The highest BCUT2D eigenvalue weighted by molar-refractivity contribution is 5.49. The lowest BCUT2D eigenvalue weighted by Gasteiger charge is -2.57. The number of phenols is 2. The molecule has 0 radical (unpaired) electrons. The van der Waals surface area contributed by atoms with Crippen LogP contribution in [0.4, 0.5) is 0 Å². The summed E-state index contributed by atoms with van der Waals surface area (Å²) in [7, 11) is 0. The molecule has 2 nitrogen and oxygen atoms in total. The standard InChI is InChI=1S/C16H20O2/c17-13-2-1-3-14(18)15(13)16-7-10-4-11(8-16)6-12(5-10)9-16/h1-3,10-12,17-18H,4-9H2. The Morgan fingerprint density at radius 1 is 0.833 bits per heavy atom. The summed E-state index contributed by atoms with van der Waals surface area (Å²) in [4.78, 5) is 0. The van der Waals surface area contributed by atoms with Crippen LogP contribution in [0.5, 0.6) is 11.5 Å². The van der Waals surface area contributed by atoms with Crippen molar-refractivity contribution in [1.29, 1.82) is 0 Å². The van der Waals surface area contributed by atoms with Crippen LogP contribution < -0.4 is 0 Å². The molecular formula is C16H20O2. The van der Waals surface area contributed by atoms with Crippen LogP contribution in [0.1, 0.15) is 44.1 Å². The molecule has 2 heteroatoms. The maximum atomic E-state index is 10.2. The highest BCUT2D eigenvalue weighted by atomic mass is 16.3. The van der Waals surface area contributed by atoms with Crippen molar-refractivity contribution in [3.8, 4) is 11.5 Å². The van der Waals surface area contributed by atoms with Crippen LogP contribution in [0.25, 0.3) is 0 Å². The molecule has 0 amide bonds. The van der Waals surface area contributed by atoms with E-state index in [0.717, 1.165) is 23.3 Å². The summed E-state index contributed by atoms with van der Waals surface area (Å²) in [6, 6.07) is 5.19. The average Bonchev–Trinajstić information content (AvgIpc) is 2.26. The van der Waals surface area contributed by atoms with E-state index in [0.29, 0.717) is 11.5 Å². The maximum Gasteiger partial charge on any atom is 0.123 e. The summed E-state index contributed by atoms with van der Waals surface area (Å²) < 4.78 is 0. The summed E-state index contributed by atoms with van der Waals surface area (Å²) in [5.41, 5.74) is 0.925. The molecule has 2 N–H and O–H groups in total. The zero-order valence-electron chi connectivity index (χ0n) is 10.6. The number of hydrogen-bond donors (Lipinski definition) is 2. The van der Waals surface area contributed by atoms with E-state index in [4.69, 9.17) is 0 Å². The number of benzene rings is 1. The smallest absolute Gasteiger partial charge is 0.123 e. The summed E-state index contributed by atoms with van der Waals surface area (Å²) in [5, 5.41) is 20.4. The molecule has 0 unspecified atom stereocenters. The van der Waals surface area contributed by atoms with Crippen LogP contribution in [-0.2, 0) is 5.41 Å². The first kappa shape index (κ1) is 10.7. The normalized spacial score (nSPS) is 41.2. The quantitative estimate of drug-likeness (QED) is 0.793. The SMILES string of the molecule is Oc1cccc(O)c1C12CC3CC(CC(C3)C1)C2. The summed E-state index contributed by atoms with van der Waals surface area (Å²) in [6.45, 7) is 0. The highest BCUT2D eigenvalue weighted by Crippen LogP contribution is 2.62. The molecule has 4 aliphatic carbocycles. The minimum absolute atomic E-state index is 0.0736. The first-order valence-corrected chi connectivity index (χ1v) is 7.18. The van der Waals surface area contributed by atoms with Gasteiger partial charge in [0.05, 0.1) is 0 Å². The molecular weight excluding hydrogens is 224 g/mol. The Morgan fingerprint density at radius 3 is 1.72 bits per heavy atom. The van der Waals surface area contributed by atoms with Crippen LogP contribution >= 0.6 is 0 Å². The molecule has 5 rings (SSSR count). The van der Waals surface area contributed by atoms with E-state index in [1.807, 2.05) is 0 Å². The van der Waals surface area contributed by atoms with Crippen molar-refractivity contribution in [3.63, 3.8) is 0 Å². The van der Waals surface area contributed by atoms with Crippen LogP contribution in [0.15, 0.2) is 18.2 Å². The fraction of sp³-hybridized carbons (Fsp3) is 0.625. The Bertz CT molecular complexity index is 436. The van der Waals surface area contributed by atoms with Gasteiger partial charge in [0.2, 0.25) is 0 Å². The molecule has 4 fully saturated rings. The van der Waals surface area contributed by atoms with E-state index >= 15 is 0 Å². The van der Waals surface area contributed by atoms with Crippen molar-refractivity contribution in [2.45, 2.75) is 43.9 Å². The monoisotopic (exact) mass is 244 g/mol. The lowest BCUT2D eigenvalue weighted by molar-refractivity contribution is -0.00710.